The first-order valence-electron chi connectivity index (χ1n) is 9.85. The molecule has 5 nitrogen and oxygen atoms in total. The highest BCUT2D eigenvalue weighted by Crippen LogP contribution is 2.39. The van der Waals surface area contributed by atoms with E-state index in [0.29, 0.717) is 37.8 Å². The molecule has 0 N–H and O–H groups in total. The van der Waals surface area contributed by atoms with Crippen LogP contribution in [0, 0.1) is 0 Å². The number of rotatable bonds is 4. The maximum atomic E-state index is 12.8. The first kappa shape index (κ1) is 19.7. The smallest absolute Gasteiger partial charge is 0.351 e. The van der Waals surface area contributed by atoms with Gasteiger partial charge in [0.25, 0.3) is 0 Å². The van der Waals surface area contributed by atoms with E-state index in [1.54, 1.807) is 0 Å². The molecule has 1 aromatic carbocycles. The second kappa shape index (κ2) is 7.65. The SMILES string of the molecule is CC1CN(c2ccc(C(F)(F)F)nn2)CCN1C(=O)Cc1ccc(C2CC2)cc1. The summed E-state index contributed by atoms with van der Waals surface area (Å²) in [7, 11) is 0. The van der Waals surface area contributed by atoms with E-state index in [0.717, 1.165) is 11.6 Å². The van der Waals surface area contributed by atoms with Crippen molar-refractivity contribution in [2.24, 2.45) is 0 Å². The number of alkyl halides is 3. The fourth-order valence-corrected chi connectivity index (χ4v) is 3.78. The number of hydrogen-bond donors (Lipinski definition) is 0. The highest BCUT2D eigenvalue weighted by atomic mass is 19.4. The normalized spacial score (nSPS) is 20.1. The number of hydrogen-bond acceptors (Lipinski definition) is 4. The number of piperazine rings is 1. The lowest BCUT2D eigenvalue weighted by atomic mass is 10.0. The topological polar surface area (TPSA) is 49.3 Å². The van der Waals surface area contributed by atoms with Crippen LogP contribution >= 0.6 is 0 Å². The van der Waals surface area contributed by atoms with Crippen LogP contribution in [0.2, 0.25) is 0 Å². The Bertz CT molecular complexity index is 863. The second-order valence-electron chi connectivity index (χ2n) is 7.85. The monoisotopic (exact) mass is 404 g/mol. The Hall–Kier alpha value is -2.64. The summed E-state index contributed by atoms with van der Waals surface area (Å²) in [4.78, 5) is 16.5. The number of aromatic nitrogens is 2. The van der Waals surface area contributed by atoms with Crippen LogP contribution in [0.4, 0.5) is 19.0 Å². The lowest BCUT2D eigenvalue weighted by molar-refractivity contribution is -0.141. The van der Waals surface area contributed by atoms with Crippen LogP contribution in [0.5, 0.6) is 0 Å². The van der Waals surface area contributed by atoms with Gasteiger partial charge in [0.1, 0.15) is 0 Å². The minimum absolute atomic E-state index is 0.0638. The van der Waals surface area contributed by atoms with Gasteiger partial charge in [-0.05, 0) is 48.9 Å². The molecule has 2 aromatic rings. The average molecular weight is 404 g/mol. The van der Waals surface area contributed by atoms with Gasteiger partial charge in [-0.15, -0.1) is 10.2 Å². The van der Waals surface area contributed by atoms with E-state index in [9.17, 15) is 18.0 Å². The summed E-state index contributed by atoms with van der Waals surface area (Å²) in [6.45, 7) is 3.46. The van der Waals surface area contributed by atoms with Crippen LogP contribution in [0.15, 0.2) is 36.4 Å². The van der Waals surface area contributed by atoms with Gasteiger partial charge < -0.3 is 9.80 Å². The molecule has 8 heteroatoms. The summed E-state index contributed by atoms with van der Waals surface area (Å²) in [6, 6.07) is 10.5. The molecule has 1 aliphatic carbocycles. The van der Waals surface area contributed by atoms with Crippen LogP contribution in [-0.4, -0.2) is 46.7 Å². The highest BCUT2D eigenvalue weighted by molar-refractivity contribution is 5.79. The van der Waals surface area contributed by atoms with Gasteiger partial charge in [0.15, 0.2) is 11.5 Å². The Morgan fingerprint density at radius 3 is 2.34 bits per heavy atom. The van der Waals surface area contributed by atoms with E-state index in [-0.39, 0.29) is 11.9 Å². The van der Waals surface area contributed by atoms with Crippen molar-refractivity contribution in [1.29, 1.82) is 0 Å². The minimum Gasteiger partial charge on any atom is -0.351 e. The summed E-state index contributed by atoms with van der Waals surface area (Å²) in [5.41, 5.74) is 1.35. The lowest BCUT2D eigenvalue weighted by Gasteiger charge is -2.40. The number of nitrogens with zero attached hydrogens (tertiary/aromatic N) is 4. The van der Waals surface area contributed by atoms with Gasteiger partial charge in [-0.3, -0.25) is 4.79 Å². The number of amides is 1. The fraction of sp³-hybridized carbons (Fsp3) is 0.476. The van der Waals surface area contributed by atoms with E-state index in [2.05, 4.69) is 22.3 Å². The molecule has 4 rings (SSSR count). The Kier molecular flexibility index (Phi) is 5.19. The van der Waals surface area contributed by atoms with Gasteiger partial charge in [-0.25, -0.2) is 0 Å². The van der Waals surface area contributed by atoms with Gasteiger partial charge >= 0.3 is 6.18 Å². The van der Waals surface area contributed by atoms with Crippen LogP contribution in [-0.2, 0) is 17.4 Å². The first-order valence-corrected chi connectivity index (χ1v) is 9.85. The molecule has 0 radical (unpaired) electrons. The third-order valence-electron chi connectivity index (χ3n) is 5.60. The molecule has 2 aliphatic rings. The van der Waals surface area contributed by atoms with Crippen molar-refractivity contribution >= 4 is 11.7 Å². The number of anilines is 1. The predicted octanol–water partition coefficient (Wildman–Crippen LogP) is 3.65. The third-order valence-corrected chi connectivity index (χ3v) is 5.60. The molecule has 0 spiro atoms. The van der Waals surface area contributed by atoms with Crippen LogP contribution < -0.4 is 4.90 Å². The van der Waals surface area contributed by atoms with Gasteiger partial charge in [0, 0.05) is 25.7 Å². The summed E-state index contributed by atoms with van der Waals surface area (Å²) in [5, 5.41) is 7.01. The van der Waals surface area contributed by atoms with Crippen LogP contribution in [0.1, 0.15) is 42.5 Å². The molecule has 1 saturated heterocycles. The van der Waals surface area contributed by atoms with Crippen LogP contribution in [0.3, 0.4) is 0 Å². The molecule has 154 valence electrons. The summed E-state index contributed by atoms with van der Waals surface area (Å²) >= 11 is 0. The molecule has 1 aromatic heterocycles. The second-order valence-corrected chi connectivity index (χ2v) is 7.85. The molecule has 2 heterocycles. The molecule has 1 aliphatic heterocycles. The summed E-state index contributed by atoms with van der Waals surface area (Å²) in [6.07, 6.45) is -1.64. The van der Waals surface area contributed by atoms with E-state index in [1.165, 1.54) is 24.5 Å². The highest BCUT2D eigenvalue weighted by Gasteiger charge is 2.34. The van der Waals surface area contributed by atoms with Crippen molar-refractivity contribution in [1.82, 2.24) is 15.1 Å². The standard InChI is InChI=1S/C21H23F3N4O/c1-14-13-27(19-9-8-18(25-26-19)21(22,23)24)10-11-28(14)20(29)12-15-2-4-16(5-3-15)17-6-7-17/h2-5,8-9,14,17H,6-7,10-13H2,1H3. The molecule has 2 fully saturated rings. The number of carbonyl (C=O) groups is 1. The number of benzene rings is 1. The van der Waals surface area contributed by atoms with Crippen molar-refractivity contribution in [2.75, 3.05) is 24.5 Å². The zero-order valence-corrected chi connectivity index (χ0v) is 16.2. The molecule has 1 atom stereocenters. The Balaban J connectivity index is 1.35. The average Bonchev–Trinajstić information content (AvgIpc) is 3.53. The lowest BCUT2D eigenvalue weighted by Crippen LogP contribution is -2.54. The Morgan fingerprint density at radius 2 is 1.79 bits per heavy atom. The molecule has 1 saturated carbocycles. The van der Waals surface area contributed by atoms with E-state index >= 15 is 0 Å². The molecular weight excluding hydrogens is 381 g/mol. The molecule has 0 bridgehead atoms. The Labute approximate surface area is 167 Å². The van der Waals surface area contributed by atoms with Crippen molar-refractivity contribution in [3.05, 3.63) is 53.2 Å². The maximum Gasteiger partial charge on any atom is 0.435 e. The number of halogens is 3. The zero-order valence-electron chi connectivity index (χ0n) is 16.2. The zero-order chi connectivity index (χ0) is 20.6. The maximum absolute atomic E-state index is 12.8. The van der Waals surface area contributed by atoms with Crippen molar-refractivity contribution < 1.29 is 18.0 Å². The quantitative estimate of drug-likeness (QED) is 0.781. The van der Waals surface area contributed by atoms with Gasteiger partial charge in [0.05, 0.1) is 6.42 Å². The van der Waals surface area contributed by atoms with Crippen molar-refractivity contribution in [3.8, 4) is 0 Å². The third kappa shape index (κ3) is 4.52. The largest absolute Gasteiger partial charge is 0.435 e. The molecular formula is C21H23F3N4O. The van der Waals surface area contributed by atoms with Crippen LogP contribution in [0.25, 0.3) is 0 Å². The van der Waals surface area contributed by atoms with E-state index < -0.39 is 11.9 Å². The Morgan fingerprint density at radius 1 is 1.07 bits per heavy atom. The summed E-state index contributed by atoms with van der Waals surface area (Å²) in [5.74, 6) is 1.16. The summed E-state index contributed by atoms with van der Waals surface area (Å²) < 4.78 is 37.9. The molecule has 29 heavy (non-hydrogen) atoms. The molecule has 1 amide bonds. The molecule has 1 unspecified atom stereocenters. The van der Waals surface area contributed by atoms with E-state index in [1.807, 2.05) is 28.9 Å². The van der Waals surface area contributed by atoms with Gasteiger partial charge in [0.2, 0.25) is 5.91 Å². The van der Waals surface area contributed by atoms with Gasteiger partial charge in [-0.2, -0.15) is 13.2 Å². The first-order chi connectivity index (χ1) is 13.8. The van der Waals surface area contributed by atoms with E-state index in [4.69, 9.17) is 0 Å². The predicted molar refractivity (Wildman–Crippen MR) is 103 cm³/mol. The van der Waals surface area contributed by atoms with Crippen molar-refractivity contribution in [2.45, 2.75) is 44.3 Å². The van der Waals surface area contributed by atoms with Gasteiger partial charge in [-0.1, -0.05) is 24.3 Å². The minimum atomic E-state index is -4.50. The van der Waals surface area contributed by atoms with Crippen molar-refractivity contribution in [3.63, 3.8) is 0 Å². The number of carbonyl (C=O) groups excluding carboxylic acids is 1. The fourth-order valence-electron chi connectivity index (χ4n) is 3.78.